The van der Waals surface area contributed by atoms with E-state index in [1.807, 2.05) is 42.5 Å². The highest BCUT2D eigenvalue weighted by molar-refractivity contribution is 5.96. The molecular weight excluding hydrogens is 336 g/mol. The molecule has 0 radical (unpaired) electrons. The van der Waals surface area contributed by atoms with Gasteiger partial charge in [0.1, 0.15) is 11.6 Å². The summed E-state index contributed by atoms with van der Waals surface area (Å²) in [6, 6.07) is 13.4. The number of hydrogen-bond donors (Lipinski definition) is 1. The number of rotatable bonds is 10. The summed E-state index contributed by atoms with van der Waals surface area (Å²) >= 11 is 0. The average Bonchev–Trinajstić information content (AvgIpc) is 3.18. The van der Waals surface area contributed by atoms with E-state index in [2.05, 4.69) is 17.2 Å². The SMILES string of the molecule is CCC1(CC(=O)c2ccc(OCCCNc3ccccn3)cc2)CCCC1. The van der Waals surface area contributed by atoms with Gasteiger partial charge in [0.2, 0.25) is 0 Å². The summed E-state index contributed by atoms with van der Waals surface area (Å²) in [5.74, 6) is 1.97. The third kappa shape index (κ3) is 5.56. The van der Waals surface area contributed by atoms with Crippen molar-refractivity contribution in [2.24, 2.45) is 5.41 Å². The number of carbonyl (C=O) groups excluding carboxylic acids is 1. The predicted molar refractivity (Wildman–Crippen MR) is 109 cm³/mol. The number of hydrogen-bond acceptors (Lipinski definition) is 4. The van der Waals surface area contributed by atoms with E-state index in [-0.39, 0.29) is 11.2 Å². The fourth-order valence-electron chi connectivity index (χ4n) is 3.91. The van der Waals surface area contributed by atoms with Crippen LogP contribution in [-0.4, -0.2) is 23.9 Å². The highest BCUT2D eigenvalue weighted by atomic mass is 16.5. The van der Waals surface area contributed by atoms with Crippen molar-refractivity contribution >= 4 is 11.6 Å². The molecule has 0 saturated heterocycles. The zero-order valence-corrected chi connectivity index (χ0v) is 16.2. The third-order valence-electron chi connectivity index (χ3n) is 5.69. The summed E-state index contributed by atoms with van der Waals surface area (Å²) < 4.78 is 5.78. The summed E-state index contributed by atoms with van der Waals surface area (Å²) in [4.78, 5) is 16.9. The summed E-state index contributed by atoms with van der Waals surface area (Å²) in [6.45, 7) is 3.66. The zero-order chi connectivity index (χ0) is 19.0. The van der Waals surface area contributed by atoms with E-state index < -0.39 is 0 Å². The normalized spacial score (nSPS) is 15.4. The first-order valence-electron chi connectivity index (χ1n) is 10.1. The van der Waals surface area contributed by atoms with Gasteiger partial charge >= 0.3 is 0 Å². The van der Waals surface area contributed by atoms with Crippen LogP contribution in [0.1, 0.15) is 62.2 Å². The zero-order valence-electron chi connectivity index (χ0n) is 16.2. The second-order valence-corrected chi connectivity index (χ2v) is 7.53. The number of nitrogens with one attached hydrogen (secondary N) is 1. The maximum Gasteiger partial charge on any atom is 0.163 e. The van der Waals surface area contributed by atoms with Gasteiger partial charge in [0.15, 0.2) is 5.78 Å². The molecule has 1 saturated carbocycles. The summed E-state index contributed by atoms with van der Waals surface area (Å²) in [6.07, 6.45) is 9.38. The Morgan fingerprint density at radius 2 is 1.93 bits per heavy atom. The lowest BCUT2D eigenvalue weighted by Crippen LogP contribution is -2.20. The molecule has 3 rings (SSSR count). The molecule has 4 heteroatoms. The van der Waals surface area contributed by atoms with Gasteiger partial charge in [-0.2, -0.15) is 0 Å². The Hall–Kier alpha value is -2.36. The lowest BCUT2D eigenvalue weighted by molar-refractivity contribution is 0.0907. The summed E-state index contributed by atoms with van der Waals surface area (Å²) in [5, 5.41) is 3.26. The van der Waals surface area contributed by atoms with Gasteiger partial charge in [0.25, 0.3) is 0 Å². The molecule has 2 aromatic rings. The van der Waals surface area contributed by atoms with Crippen molar-refractivity contribution in [3.8, 4) is 5.75 Å². The minimum atomic E-state index is 0.243. The van der Waals surface area contributed by atoms with E-state index in [4.69, 9.17) is 4.74 Å². The minimum Gasteiger partial charge on any atom is -0.494 e. The molecule has 4 nitrogen and oxygen atoms in total. The highest BCUT2D eigenvalue weighted by Crippen LogP contribution is 2.44. The molecule has 144 valence electrons. The van der Waals surface area contributed by atoms with Crippen molar-refractivity contribution < 1.29 is 9.53 Å². The maximum absolute atomic E-state index is 12.7. The van der Waals surface area contributed by atoms with Crippen molar-refractivity contribution in [3.05, 3.63) is 54.2 Å². The first-order chi connectivity index (χ1) is 13.2. The topological polar surface area (TPSA) is 51.2 Å². The first kappa shape index (κ1) is 19.4. The lowest BCUT2D eigenvalue weighted by Gasteiger charge is -2.26. The Kier molecular flexibility index (Phi) is 6.86. The molecule has 1 aliphatic carbocycles. The van der Waals surface area contributed by atoms with E-state index in [1.54, 1.807) is 6.20 Å². The van der Waals surface area contributed by atoms with Crippen molar-refractivity contribution in [3.63, 3.8) is 0 Å². The Morgan fingerprint density at radius 3 is 2.59 bits per heavy atom. The number of carbonyl (C=O) groups is 1. The van der Waals surface area contributed by atoms with Crippen LogP contribution in [0.2, 0.25) is 0 Å². The van der Waals surface area contributed by atoms with Gasteiger partial charge in [0.05, 0.1) is 6.61 Å². The molecular formula is C23H30N2O2. The molecule has 0 amide bonds. The fraction of sp³-hybridized carbons (Fsp3) is 0.478. The van der Waals surface area contributed by atoms with Crippen molar-refractivity contribution in [2.75, 3.05) is 18.5 Å². The number of Topliss-reactive ketones (excluding diaryl/α,β-unsaturated/α-hetero) is 1. The first-order valence-corrected chi connectivity index (χ1v) is 10.1. The molecule has 1 fully saturated rings. The minimum absolute atomic E-state index is 0.243. The van der Waals surface area contributed by atoms with Crippen molar-refractivity contribution in [1.29, 1.82) is 0 Å². The Bertz CT molecular complexity index is 707. The summed E-state index contributed by atoms with van der Waals surface area (Å²) in [5.41, 5.74) is 1.05. The van der Waals surface area contributed by atoms with Crippen LogP contribution in [-0.2, 0) is 0 Å². The number of ether oxygens (including phenoxy) is 1. The Balaban J connectivity index is 1.41. The third-order valence-corrected chi connectivity index (χ3v) is 5.69. The Morgan fingerprint density at radius 1 is 1.15 bits per heavy atom. The number of benzene rings is 1. The monoisotopic (exact) mass is 366 g/mol. The smallest absolute Gasteiger partial charge is 0.163 e. The van der Waals surface area contributed by atoms with E-state index >= 15 is 0 Å². The molecule has 0 bridgehead atoms. The van der Waals surface area contributed by atoms with Crippen LogP contribution >= 0.6 is 0 Å². The van der Waals surface area contributed by atoms with Crippen LogP contribution in [0.4, 0.5) is 5.82 Å². The van der Waals surface area contributed by atoms with Crippen LogP contribution in [0, 0.1) is 5.41 Å². The van der Waals surface area contributed by atoms with Gasteiger partial charge in [-0.25, -0.2) is 4.98 Å². The molecule has 1 aliphatic rings. The maximum atomic E-state index is 12.7. The van der Waals surface area contributed by atoms with Gasteiger partial charge in [-0.15, -0.1) is 0 Å². The van der Waals surface area contributed by atoms with Gasteiger partial charge in [0, 0.05) is 24.7 Å². The van der Waals surface area contributed by atoms with Crippen LogP contribution in [0.3, 0.4) is 0 Å². The second-order valence-electron chi connectivity index (χ2n) is 7.53. The average molecular weight is 367 g/mol. The number of aromatic nitrogens is 1. The quantitative estimate of drug-likeness (QED) is 0.445. The molecule has 1 heterocycles. The standard InChI is InChI=1S/C23H30N2O2/c1-2-23(13-4-5-14-23)18-21(26)19-9-11-20(12-10-19)27-17-7-16-25-22-8-3-6-15-24-22/h3,6,8-12,15H,2,4-5,7,13-14,16-18H2,1H3,(H,24,25). The van der Waals surface area contributed by atoms with E-state index in [1.165, 1.54) is 25.7 Å². The number of ketones is 1. The molecule has 1 N–H and O–H groups in total. The molecule has 1 aromatic heterocycles. The van der Waals surface area contributed by atoms with Crippen molar-refractivity contribution in [2.45, 2.75) is 51.9 Å². The number of nitrogens with zero attached hydrogens (tertiary/aromatic N) is 1. The van der Waals surface area contributed by atoms with Crippen LogP contribution < -0.4 is 10.1 Å². The molecule has 0 atom stereocenters. The number of pyridine rings is 1. The number of anilines is 1. The van der Waals surface area contributed by atoms with Crippen LogP contribution in [0.5, 0.6) is 5.75 Å². The van der Waals surface area contributed by atoms with E-state index in [0.29, 0.717) is 13.0 Å². The van der Waals surface area contributed by atoms with Gasteiger partial charge in [-0.3, -0.25) is 4.79 Å². The largest absolute Gasteiger partial charge is 0.494 e. The molecule has 1 aromatic carbocycles. The van der Waals surface area contributed by atoms with E-state index in [9.17, 15) is 4.79 Å². The predicted octanol–water partition coefficient (Wildman–Crippen LogP) is 5.51. The molecule has 0 aliphatic heterocycles. The Labute approximate surface area is 162 Å². The van der Waals surface area contributed by atoms with Crippen LogP contribution in [0.25, 0.3) is 0 Å². The molecule has 0 unspecified atom stereocenters. The van der Waals surface area contributed by atoms with Crippen LogP contribution in [0.15, 0.2) is 48.7 Å². The van der Waals surface area contributed by atoms with Gasteiger partial charge < -0.3 is 10.1 Å². The van der Waals surface area contributed by atoms with Gasteiger partial charge in [-0.1, -0.05) is 32.3 Å². The van der Waals surface area contributed by atoms with E-state index in [0.717, 1.165) is 36.5 Å². The highest BCUT2D eigenvalue weighted by Gasteiger charge is 2.34. The van der Waals surface area contributed by atoms with Gasteiger partial charge in [-0.05, 0) is 61.1 Å². The molecule has 0 spiro atoms. The summed E-state index contributed by atoms with van der Waals surface area (Å²) in [7, 11) is 0. The fourth-order valence-corrected chi connectivity index (χ4v) is 3.91. The second kappa shape index (κ2) is 9.54. The lowest BCUT2D eigenvalue weighted by atomic mass is 9.78. The molecule has 27 heavy (non-hydrogen) atoms. The van der Waals surface area contributed by atoms with Crippen molar-refractivity contribution in [1.82, 2.24) is 4.98 Å².